The third-order valence-corrected chi connectivity index (χ3v) is 5.38. The number of H-pyrrole nitrogens is 1. The maximum Gasteiger partial charge on any atom is 0.326 e. The van der Waals surface area contributed by atoms with Crippen molar-refractivity contribution in [3.8, 4) is 11.3 Å². The molecule has 1 aromatic heterocycles. The maximum atomic E-state index is 13.9. The Kier molecular flexibility index (Phi) is 4.86. The van der Waals surface area contributed by atoms with E-state index in [9.17, 15) is 19.1 Å². The number of rotatable bonds is 5. The van der Waals surface area contributed by atoms with Crippen molar-refractivity contribution < 1.29 is 19.1 Å². The molecule has 1 aliphatic rings. The van der Waals surface area contributed by atoms with Crippen LogP contribution in [0.15, 0.2) is 48.5 Å². The lowest BCUT2D eigenvalue weighted by molar-refractivity contribution is -0.148. The second-order valence-corrected chi connectivity index (χ2v) is 7.12. The molecule has 0 radical (unpaired) electrons. The van der Waals surface area contributed by atoms with E-state index in [0.29, 0.717) is 25.8 Å². The predicted octanol–water partition coefficient (Wildman–Crippen LogP) is 3.98. The first-order valence-corrected chi connectivity index (χ1v) is 9.42. The van der Waals surface area contributed by atoms with E-state index in [4.69, 9.17) is 0 Å². The highest BCUT2D eigenvalue weighted by Crippen LogP contribution is 2.32. The zero-order chi connectivity index (χ0) is 19.7. The lowest BCUT2D eigenvalue weighted by Gasteiger charge is -2.21. The SMILES string of the molecule is O=C(O)[C@H]1CCCN1C(=O)CCc1c(-c2ccccc2)[nH]c2ccc(F)cc12. The minimum atomic E-state index is -0.954. The third-order valence-electron chi connectivity index (χ3n) is 5.38. The molecule has 1 aliphatic heterocycles. The number of aromatic nitrogens is 1. The molecule has 0 saturated carbocycles. The van der Waals surface area contributed by atoms with Crippen molar-refractivity contribution in [1.29, 1.82) is 0 Å². The summed E-state index contributed by atoms with van der Waals surface area (Å²) in [6, 6.07) is 13.6. The van der Waals surface area contributed by atoms with E-state index >= 15 is 0 Å². The van der Waals surface area contributed by atoms with Crippen molar-refractivity contribution in [3.05, 3.63) is 59.9 Å². The number of hydrogen-bond donors (Lipinski definition) is 2. The van der Waals surface area contributed by atoms with Gasteiger partial charge < -0.3 is 15.0 Å². The van der Waals surface area contributed by atoms with Crippen molar-refractivity contribution in [2.24, 2.45) is 0 Å². The molecule has 2 aromatic carbocycles. The number of carboxylic acid groups (broad SMARTS) is 1. The van der Waals surface area contributed by atoms with Gasteiger partial charge in [-0.1, -0.05) is 30.3 Å². The van der Waals surface area contributed by atoms with Crippen LogP contribution in [0.25, 0.3) is 22.2 Å². The maximum absolute atomic E-state index is 13.9. The molecule has 144 valence electrons. The zero-order valence-corrected chi connectivity index (χ0v) is 15.3. The number of likely N-dealkylation sites (tertiary alicyclic amines) is 1. The second kappa shape index (κ2) is 7.46. The van der Waals surface area contributed by atoms with Crippen molar-refractivity contribution in [2.45, 2.75) is 31.7 Å². The standard InChI is InChI=1S/C22H21FN2O3/c23-15-8-10-18-17(13-15)16(21(24-18)14-5-2-1-3-6-14)9-11-20(26)25-12-4-7-19(25)22(27)28/h1-3,5-6,8,10,13,19,24H,4,7,9,11-12H2,(H,27,28)/t19-/m1/s1. The monoisotopic (exact) mass is 380 g/mol. The number of hydrogen-bond acceptors (Lipinski definition) is 2. The summed E-state index contributed by atoms with van der Waals surface area (Å²) in [6.45, 7) is 0.476. The largest absolute Gasteiger partial charge is 0.480 e. The van der Waals surface area contributed by atoms with Gasteiger partial charge in [0.15, 0.2) is 0 Å². The van der Waals surface area contributed by atoms with Gasteiger partial charge in [-0.3, -0.25) is 4.79 Å². The van der Waals surface area contributed by atoms with Crippen LogP contribution in [-0.2, 0) is 16.0 Å². The van der Waals surface area contributed by atoms with Gasteiger partial charge in [-0.2, -0.15) is 0 Å². The van der Waals surface area contributed by atoms with Crippen LogP contribution in [0.3, 0.4) is 0 Å². The summed E-state index contributed by atoms with van der Waals surface area (Å²) in [7, 11) is 0. The van der Waals surface area contributed by atoms with Gasteiger partial charge >= 0.3 is 5.97 Å². The number of carbonyl (C=O) groups excluding carboxylic acids is 1. The molecule has 5 nitrogen and oxygen atoms in total. The Morgan fingerprint density at radius 1 is 1.18 bits per heavy atom. The Hall–Kier alpha value is -3.15. The summed E-state index contributed by atoms with van der Waals surface area (Å²) in [6.07, 6.45) is 1.80. The van der Waals surface area contributed by atoms with Crippen LogP contribution in [0.5, 0.6) is 0 Å². The summed E-state index contributed by atoms with van der Waals surface area (Å²) in [5.41, 5.74) is 3.52. The summed E-state index contributed by atoms with van der Waals surface area (Å²) >= 11 is 0. The van der Waals surface area contributed by atoms with Crippen LogP contribution in [0, 0.1) is 5.82 Å². The third kappa shape index (κ3) is 3.38. The Labute approximate surface area is 161 Å². The fraction of sp³-hybridized carbons (Fsp3) is 0.273. The molecule has 1 amide bonds. The van der Waals surface area contributed by atoms with Crippen LogP contribution in [0.4, 0.5) is 4.39 Å². The summed E-state index contributed by atoms with van der Waals surface area (Å²) < 4.78 is 13.9. The number of carboxylic acids is 1. The summed E-state index contributed by atoms with van der Waals surface area (Å²) in [4.78, 5) is 28.8. The fourth-order valence-electron chi connectivity index (χ4n) is 4.03. The van der Waals surface area contributed by atoms with Crippen molar-refractivity contribution in [3.63, 3.8) is 0 Å². The van der Waals surface area contributed by atoms with E-state index in [1.807, 2.05) is 30.3 Å². The highest BCUT2D eigenvalue weighted by atomic mass is 19.1. The van der Waals surface area contributed by atoms with Crippen LogP contribution < -0.4 is 0 Å². The number of halogens is 1. The van der Waals surface area contributed by atoms with E-state index in [1.54, 1.807) is 6.07 Å². The molecule has 1 fully saturated rings. The molecule has 6 heteroatoms. The van der Waals surface area contributed by atoms with E-state index in [2.05, 4.69) is 4.98 Å². The number of amides is 1. The van der Waals surface area contributed by atoms with Gasteiger partial charge in [0.1, 0.15) is 11.9 Å². The average Bonchev–Trinajstić information content (AvgIpc) is 3.32. The average molecular weight is 380 g/mol. The molecule has 0 unspecified atom stereocenters. The van der Waals surface area contributed by atoms with E-state index in [-0.39, 0.29) is 18.1 Å². The lowest BCUT2D eigenvalue weighted by atomic mass is 10.0. The first-order valence-electron chi connectivity index (χ1n) is 9.42. The van der Waals surface area contributed by atoms with Gasteiger partial charge in [-0.05, 0) is 48.6 Å². The van der Waals surface area contributed by atoms with Crippen molar-refractivity contribution >= 4 is 22.8 Å². The van der Waals surface area contributed by atoms with Gasteiger partial charge in [-0.25, -0.2) is 9.18 Å². The van der Waals surface area contributed by atoms with E-state index in [0.717, 1.165) is 27.7 Å². The minimum absolute atomic E-state index is 0.172. The molecule has 2 heterocycles. The van der Waals surface area contributed by atoms with Crippen LogP contribution in [0.2, 0.25) is 0 Å². The van der Waals surface area contributed by atoms with Crippen molar-refractivity contribution in [2.75, 3.05) is 6.54 Å². The highest BCUT2D eigenvalue weighted by molar-refractivity contribution is 5.92. The molecule has 0 aliphatic carbocycles. The number of carbonyl (C=O) groups is 2. The number of aromatic amines is 1. The fourth-order valence-corrected chi connectivity index (χ4v) is 4.03. The van der Waals surface area contributed by atoms with Gasteiger partial charge in [0, 0.05) is 29.6 Å². The molecule has 28 heavy (non-hydrogen) atoms. The number of aryl methyl sites for hydroxylation is 1. The Balaban J connectivity index is 1.65. The first kappa shape index (κ1) is 18.2. The number of benzene rings is 2. The molecule has 3 aromatic rings. The smallest absolute Gasteiger partial charge is 0.326 e. The van der Waals surface area contributed by atoms with E-state index in [1.165, 1.54) is 17.0 Å². The lowest BCUT2D eigenvalue weighted by Crippen LogP contribution is -2.40. The van der Waals surface area contributed by atoms with Crippen molar-refractivity contribution in [1.82, 2.24) is 9.88 Å². The van der Waals surface area contributed by atoms with Crippen LogP contribution >= 0.6 is 0 Å². The molecular formula is C22H21FN2O3. The van der Waals surface area contributed by atoms with Crippen LogP contribution in [0.1, 0.15) is 24.8 Å². The first-order chi connectivity index (χ1) is 13.5. The predicted molar refractivity (Wildman–Crippen MR) is 104 cm³/mol. The minimum Gasteiger partial charge on any atom is -0.480 e. The molecular weight excluding hydrogens is 359 g/mol. The Bertz CT molecular complexity index is 1030. The van der Waals surface area contributed by atoms with E-state index < -0.39 is 12.0 Å². The Morgan fingerprint density at radius 2 is 1.96 bits per heavy atom. The van der Waals surface area contributed by atoms with Gasteiger partial charge in [0.2, 0.25) is 5.91 Å². The normalized spacial score (nSPS) is 16.6. The molecule has 0 bridgehead atoms. The molecule has 1 atom stereocenters. The molecule has 2 N–H and O–H groups in total. The van der Waals surface area contributed by atoms with Crippen LogP contribution in [-0.4, -0.2) is 39.5 Å². The van der Waals surface area contributed by atoms with Gasteiger partial charge in [0.25, 0.3) is 0 Å². The highest BCUT2D eigenvalue weighted by Gasteiger charge is 2.33. The zero-order valence-electron chi connectivity index (χ0n) is 15.3. The topological polar surface area (TPSA) is 73.4 Å². The molecule has 0 spiro atoms. The quantitative estimate of drug-likeness (QED) is 0.703. The summed E-state index contributed by atoms with van der Waals surface area (Å²) in [5.74, 6) is -1.45. The van der Waals surface area contributed by atoms with Gasteiger partial charge in [-0.15, -0.1) is 0 Å². The number of nitrogens with one attached hydrogen (secondary N) is 1. The van der Waals surface area contributed by atoms with Gasteiger partial charge in [0.05, 0.1) is 0 Å². The number of nitrogens with zero attached hydrogens (tertiary/aromatic N) is 1. The summed E-state index contributed by atoms with van der Waals surface area (Å²) in [5, 5.41) is 10.1. The Morgan fingerprint density at radius 3 is 2.71 bits per heavy atom. The number of fused-ring (bicyclic) bond motifs is 1. The molecule has 4 rings (SSSR count). The number of aliphatic carboxylic acids is 1. The second-order valence-electron chi connectivity index (χ2n) is 7.12. The molecule has 1 saturated heterocycles.